The maximum Gasteiger partial charge on any atom is 0.164 e. The molecule has 9 nitrogen and oxygen atoms in total. The molecule has 4 N–H and O–H groups in total. The van der Waals surface area contributed by atoms with Gasteiger partial charge >= 0.3 is 0 Å². The third-order valence-electron chi connectivity index (χ3n) is 6.71. The van der Waals surface area contributed by atoms with Crippen molar-refractivity contribution >= 4 is 43.7 Å². The van der Waals surface area contributed by atoms with Gasteiger partial charge in [0.25, 0.3) is 0 Å². The Labute approximate surface area is 197 Å². The number of fused-ring (bicyclic) bond motifs is 3. The van der Waals surface area contributed by atoms with Gasteiger partial charge in [0.1, 0.15) is 35.6 Å². The molecule has 0 spiro atoms. The summed E-state index contributed by atoms with van der Waals surface area (Å²) in [4.78, 5) is 13.0. The molecule has 170 valence electrons. The molecule has 0 amide bonds. The minimum atomic E-state index is -1.52. The summed E-state index contributed by atoms with van der Waals surface area (Å²) in [5.41, 5.74) is 7.66. The Hall–Kier alpha value is -2.63. The van der Waals surface area contributed by atoms with Crippen molar-refractivity contribution in [2.75, 3.05) is 12.3 Å². The lowest BCUT2D eigenvalue weighted by Crippen LogP contribution is -2.48. The van der Waals surface area contributed by atoms with E-state index >= 15 is 0 Å². The zero-order valence-corrected chi connectivity index (χ0v) is 19.3. The topological polar surface area (TPSA) is 129 Å². The molecule has 1 aromatic carbocycles. The van der Waals surface area contributed by atoms with Crippen LogP contribution in [0.1, 0.15) is 17.5 Å². The quantitative estimate of drug-likeness (QED) is 0.382. The molecule has 6 rings (SSSR count). The second-order valence-corrected chi connectivity index (χ2v) is 9.59. The largest absolute Gasteiger partial charge is 0.385 e. The Morgan fingerprint density at radius 3 is 2.97 bits per heavy atom. The van der Waals surface area contributed by atoms with E-state index in [2.05, 4.69) is 30.9 Å². The Morgan fingerprint density at radius 1 is 1.27 bits per heavy atom. The SMILES string of the molecule is Cc1ncnc2c1ccn2[C@@H]1O[C@@H]2[C@H](Cc3ccc4cc(Br)c(N)nc4c3)OC[C@]2(O)C1O. The van der Waals surface area contributed by atoms with Crippen molar-refractivity contribution in [2.45, 2.75) is 43.5 Å². The van der Waals surface area contributed by atoms with E-state index in [0.29, 0.717) is 17.9 Å². The highest BCUT2D eigenvalue weighted by Crippen LogP contribution is 2.45. The Kier molecular flexibility index (Phi) is 4.72. The fourth-order valence-electron chi connectivity index (χ4n) is 4.91. The number of hydrogen-bond donors (Lipinski definition) is 3. The molecule has 3 aromatic heterocycles. The van der Waals surface area contributed by atoms with Crippen LogP contribution in [0.25, 0.3) is 21.9 Å². The van der Waals surface area contributed by atoms with Crippen LogP contribution in [0, 0.1) is 6.92 Å². The number of ether oxygens (including phenoxy) is 2. The van der Waals surface area contributed by atoms with Crippen LogP contribution in [-0.2, 0) is 15.9 Å². The second kappa shape index (κ2) is 7.44. The van der Waals surface area contributed by atoms with Crippen LogP contribution in [0.5, 0.6) is 0 Å². The molecular weight excluding hydrogens is 490 g/mol. The van der Waals surface area contributed by atoms with Crippen LogP contribution in [0.3, 0.4) is 0 Å². The highest BCUT2D eigenvalue weighted by molar-refractivity contribution is 9.10. The second-order valence-electron chi connectivity index (χ2n) is 8.74. The molecule has 0 aliphatic carbocycles. The number of aromatic nitrogens is 4. The van der Waals surface area contributed by atoms with Crippen molar-refractivity contribution < 1.29 is 19.7 Å². The summed E-state index contributed by atoms with van der Waals surface area (Å²) in [6, 6.07) is 9.75. The lowest BCUT2D eigenvalue weighted by atomic mass is 9.90. The maximum absolute atomic E-state index is 11.3. The van der Waals surface area contributed by atoms with Gasteiger partial charge in [-0.25, -0.2) is 15.0 Å². The number of halogens is 1. The predicted molar refractivity (Wildman–Crippen MR) is 124 cm³/mol. The number of aliphatic hydroxyl groups is 2. The number of nitrogens with zero attached hydrogens (tertiary/aromatic N) is 4. The first-order valence-corrected chi connectivity index (χ1v) is 11.4. The normalized spacial score (nSPS) is 29.2. The van der Waals surface area contributed by atoms with Crippen LogP contribution in [0.15, 0.2) is 47.3 Å². The molecule has 2 aliphatic heterocycles. The number of anilines is 1. The Bertz CT molecular complexity index is 1390. The van der Waals surface area contributed by atoms with E-state index < -0.39 is 30.1 Å². The molecule has 10 heteroatoms. The predicted octanol–water partition coefficient (Wildman–Crippen LogP) is 2.26. The summed E-state index contributed by atoms with van der Waals surface area (Å²) < 4.78 is 14.6. The lowest BCUT2D eigenvalue weighted by Gasteiger charge is -2.24. The van der Waals surface area contributed by atoms with Gasteiger partial charge in [0.2, 0.25) is 0 Å². The van der Waals surface area contributed by atoms with E-state index in [4.69, 9.17) is 15.2 Å². The van der Waals surface area contributed by atoms with E-state index in [1.165, 1.54) is 6.33 Å². The average molecular weight is 512 g/mol. The Balaban J connectivity index is 1.29. The molecular formula is C23H22BrN5O4. The molecule has 33 heavy (non-hydrogen) atoms. The highest BCUT2D eigenvalue weighted by Gasteiger charge is 2.62. The molecule has 2 saturated heterocycles. The van der Waals surface area contributed by atoms with E-state index in [1.807, 2.05) is 37.3 Å². The fourth-order valence-corrected chi connectivity index (χ4v) is 5.25. The highest BCUT2D eigenvalue weighted by atomic mass is 79.9. The number of pyridine rings is 1. The molecule has 0 radical (unpaired) electrons. The van der Waals surface area contributed by atoms with Gasteiger partial charge in [-0.15, -0.1) is 0 Å². The first-order chi connectivity index (χ1) is 15.8. The van der Waals surface area contributed by atoms with Gasteiger partial charge < -0.3 is 30.0 Å². The van der Waals surface area contributed by atoms with Crippen molar-refractivity contribution in [3.63, 3.8) is 0 Å². The van der Waals surface area contributed by atoms with Gasteiger partial charge in [0.15, 0.2) is 6.23 Å². The Morgan fingerprint density at radius 2 is 2.12 bits per heavy atom. The van der Waals surface area contributed by atoms with E-state index in [-0.39, 0.29) is 6.61 Å². The number of nitrogen functional groups attached to an aromatic ring is 1. The monoisotopic (exact) mass is 511 g/mol. The van der Waals surface area contributed by atoms with Gasteiger partial charge in [-0.3, -0.25) is 0 Å². The minimum Gasteiger partial charge on any atom is -0.385 e. The van der Waals surface area contributed by atoms with Crippen LogP contribution in [-0.4, -0.2) is 60.3 Å². The van der Waals surface area contributed by atoms with Crippen LogP contribution in [0.4, 0.5) is 5.82 Å². The van der Waals surface area contributed by atoms with E-state index in [0.717, 1.165) is 32.0 Å². The molecule has 2 aliphatic rings. The number of hydrogen-bond acceptors (Lipinski definition) is 8. The van der Waals surface area contributed by atoms with Crippen molar-refractivity contribution in [1.82, 2.24) is 19.5 Å². The molecule has 5 heterocycles. The van der Waals surface area contributed by atoms with E-state index in [9.17, 15) is 10.2 Å². The summed E-state index contributed by atoms with van der Waals surface area (Å²) in [7, 11) is 0. The van der Waals surface area contributed by atoms with Crippen molar-refractivity contribution in [1.29, 1.82) is 0 Å². The number of benzene rings is 1. The molecule has 1 unspecified atom stereocenters. The van der Waals surface area contributed by atoms with Crippen molar-refractivity contribution in [3.05, 3.63) is 58.6 Å². The summed E-state index contributed by atoms with van der Waals surface area (Å²) in [6.45, 7) is 1.89. The van der Waals surface area contributed by atoms with Gasteiger partial charge in [-0.1, -0.05) is 12.1 Å². The first-order valence-electron chi connectivity index (χ1n) is 10.7. The molecule has 0 saturated carbocycles. The zero-order valence-electron chi connectivity index (χ0n) is 17.7. The van der Waals surface area contributed by atoms with Crippen LogP contribution < -0.4 is 5.73 Å². The van der Waals surface area contributed by atoms with Gasteiger partial charge in [-0.05, 0) is 46.6 Å². The minimum absolute atomic E-state index is 0.0149. The molecule has 4 aromatic rings. The number of nitrogens with two attached hydrogens (primary N) is 1. The molecule has 5 atom stereocenters. The average Bonchev–Trinajstić information content (AvgIpc) is 3.42. The van der Waals surface area contributed by atoms with Crippen LogP contribution in [0.2, 0.25) is 0 Å². The molecule has 2 fully saturated rings. The summed E-state index contributed by atoms with van der Waals surface area (Å²) >= 11 is 3.40. The number of aliphatic hydroxyl groups excluding tert-OH is 1. The maximum atomic E-state index is 11.3. The third-order valence-corrected chi connectivity index (χ3v) is 7.34. The first kappa shape index (κ1) is 20.9. The third kappa shape index (κ3) is 3.17. The van der Waals surface area contributed by atoms with E-state index in [1.54, 1.807) is 10.8 Å². The van der Waals surface area contributed by atoms with Gasteiger partial charge in [0.05, 0.1) is 28.4 Å². The summed E-state index contributed by atoms with van der Waals surface area (Å²) in [6.07, 6.45) is 0.693. The summed E-state index contributed by atoms with van der Waals surface area (Å²) in [5, 5.41) is 24.2. The standard InChI is InChI=1S/C23H22BrN5O4/c1-11-14-4-5-29(21(14)27-10-26-11)22-18(30)23(31)9-32-17(19(23)33-22)7-12-2-3-13-8-15(24)20(25)28-16(13)6-12/h2-6,8,10,17-19,22,30-31H,7,9H2,1H3,(H2,25,28)/t17-,18?,19+,22+,23-/m0/s1. The van der Waals surface area contributed by atoms with Gasteiger partial charge in [-0.2, -0.15) is 0 Å². The van der Waals surface area contributed by atoms with Crippen LogP contribution >= 0.6 is 15.9 Å². The number of aryl methyl sites for hydroxylation is 1. The number of rotatable bonds is 3. The van der Waals surface area contributed by atoms with Gasteiger partial charge in [0, 0.05) is 23.4 Å². The zero-order chi connectivity index (χ0) is 22.9. The fraction of sp³-hybridized carbons (Fsp3) is 0.348. The smallest absolute Gasteiger partial charge is 0.164 e. The summed E-state index contributed by atoms with van der Waals surface area (Å²) in [5.74, 6) is 0.425. The van der Waals surface area contributed by atoms with Crippen molar-refractivity contribution in [2.24, 2.45) is 0 Å². The lowest BCUT2D eigenvalue weighted by molar-refractivity contribution is -0.0891. The van der Waals surface area contributed by atoms with Crippen molar-refractivity contribution in [3.8, 4) is 0 Å². The molecule has 0 bridgehead atoms.